The van der Waals surface area contributed by atoms with Crippen molar-refractivity contribution in [3.05, 3.63) is 41.1 Å². The topological polar surface area (TPSA) is 314 Å². The van der Waals surface area contributed by atoms with Gasteiger partial charge in [-0.05, 0) is 61.6 Å². The number of aromatic nitrogens is 4. The molecule has 320 valence electrons. The first-order valence-electron chi connectivity index (χ1n) is 17.7. The molecule has 2 fully saturated rings. The molecule has 60 heavy (non-hydrogen) atoms. The van der Waals surface area contributed by atoms with Crippen LogP contribution in [0.1, 0.15) is 33.0 Å². The van der Waals surface area contributed by atoms with Crippen LogP contribution in [0.2, 0.25) is 0 Å². The van der Waals surface area contributed by atoms with Gasteiger partial charge in [0, 0.05) is 43.9 Å². The summed E-state index contributed by atoms with van der Waals surface area (Å²) in [7, 11) is 4.83. The Hall–Kier alpha value is -4.83. The largest absolute Gasteiger partial charge is 1.00 e. The Morgan fingerprint density at radius 1 is 1.12 bits per heavy atom. The van der Waals surface area contributed by atoms with Crippen LogP contribution in [0.25, 0.3) is 0 Å². The summed E-state index contributed by atoms with van der Waals surface area (Å²) in [6.45, 7) is 3.00. The molecule has 5 rings (SSSR count). The first kappa shape index (κ1) is 47.8. The van der Waals surface area contributed by atoms with E-state index in [0.717, 1.165) is 23.8 Å². The third-order valence-electron chi connectivity index (χ3n) is 9.55. The SMILES string of the molecule is CCN1CCN(C(=O)N[C@@H](C(=O)N[C@]2(OC)C(=O)N3C(C(=O)O)=C(CSc4nnnn4C(C)N(C)C)CS[C@@H]32)c2ccc(NC(=O)OC[C@@H](N)C(=O)O)cc2)C(=O)C1=O.[H-].[Na+]. The van der Waals surface area contributed by atoms with E-state index in [9.17, 15) is 43.5 Å². The van der Waals surface area contributed by atoms with Crippen molar-refractivity contribution in [1.82, 2.24) is 50.4 Å². The van der Waals surface area contributed by atoms with Gasteiger partial charge in [0.05, 0.1) is 0 Å². The maximum atomic E-state index is 14.2. The van der Waals surface area contributed by atoms with Crippen LogP contribution in [0.4, 0.5) is 15.3 Å². The minimum atomic E-state index is -2.12. The van der Waals surface area contributed by atoms with Gasteiger partial charge in [-0.3, -0.25) is 44.0 Å². The Bertz CT molecular complexity index is 2060. The summed E-state index contributed by atoms with van der Waals surface area (Å²) in [6.07, 6.45) is -1.26. The number of fused-ring (bicyclic) bond motifs is 1. The number of nitrogens with one attached hydrogen (secondary N) is 3. The molecular formula is C33H43N12NaO12S2. The molecule has 2 saturated heterocycles. The number of likely N-dealkylation sites (N-methyl/N-ethyl adjacent to an activating group) is 1. The van der Waals surface area contributed by atoms with Crippen molar-refractivity contribution < 1.29 is 89.0 Å². The van der Waals surface area contributed by atoms with Gasteiger partial charge < -0.3 is 42.4 Å². The van der Waals surface area contributed by atoms with Crippen LogP contribution >= 0.6 is 23.5 Å². The number of anilines is 1. The van der Waals surface area contributed by atoms with Gasteiger partial charge in [-0.1, -0.05) is 23.9 Å². The number of urea groups is 1. The molecule has 7 amide bonds. The number of aliphatic carboxylic acids is 2. The van der Waals surface area contributed by atoms with Crippen molar-refractivity contribution in [3.63, 3.8) is 0 Å². The molecule has 0 saturated carbocycles. The predicted octanol–water partition coefficient (Wildman–Crippen LogP) is -4.22. The number of carboxylic acid groups (broad SMARTS) is 2. The summed E-state index contributed by atoms with van der Waals surface area (Å²) in [5, 5.41) is 37.7. The number of thioether (sulfide) groups is 2. The number of methoxy groups -OCH3 is 1. The monoisotopic (exact) mass is 886 g/mol. The van der Waals surface area contributed by atoms with Crippen LogP contribution in [0.15, 0.2) is 40.7 Å². The van der Waals surface area contributed by atoms with Gasteiger partial charge >= 0.3 is 65.4 Å². The number of benzene rings is 1. The summed E-state index contributed by atoms with van der Waals surface area (Å²) in [5.74, 6) is -6.55. The Balaban J connectivity index is 0.00000496. The number of hydrogen-bond acceptors (Lipinski definition) is 17. The number of rotatable bonds is 16. The molecule has 4 heterocycles. The van der Waals surface area contributed by atoms with E-state index in [1.165, 1.54) is 40.9 Å². The fourth-order valence-electron chi connectivity index (χ4n) is 6.02. The third-order valence-corrected chi connectivity index (χ3v) is 11.9. The molecule has 27 heteroatoms. The summed E-state index contributed by atoms with van der Waals surface area (Å²) >= 11 is 2.30. The van der Waals surface area contributed by atoms with E-state index < -0.39 is 77.5 Å². The van der Waals surface area contributed by atoms with Gasteiger partial charge in [0.15, 0.2) is 0 Å². The number of amides is 7. The summed E-state index contributed by atoms with van der Waals surface area (Å²) in [5.41, 5.74) is 3.50. The van der Waals surface area contributed by atoms with Gasteiger partial charge in [0.2, 0.25) is 11.1 Å². The van der Waals surface area contributed by atoms with Gasteiger partial charge in [0.1, 0.15) is 35.9 Å². The van der Waals surface area contributed by atoms with E-state index in [1.807, 2.05) is 25.9 Å². The molecule has 2 aromatic rings. The fraction of sp³-hybridized carbons (Fsp3) is 0.485. The molecule has 3 aliphatic heterocycles. The van der Waals surface area contributed by atoms with E-state index in [0.29, 0.717) is 15.6 Å². The smallest absolute Gasteiger partial charge is 1.00 e. The predicted molar refractivity (Wildman–Crippen MR) is 206 cm³/mol. The number of nitrogens with two attached hydrogens (primary N) is 1. The second-order valence-electron chi connectivity index (χ2n) is 13.3. The molecule has 0 radical (unpaired) electrons. The van der Waals surface area contributed by atoms with Crippen molar-refractivity contribution in [1.29, 1.82) is 0 Å². The van der Waals surface area contributed by atoms with Crippen molar-refractivity contribution in [2.75, 3.05) is 64.3 Å². The molecule has 0 spiro atoms. The molecule has 7 N–H and O–H groups in total. The average Bonchev–Trinajstić information content (AvgIpc) is 3.68. The first-order valence-corrected chi connectivity index (χ1v) is 19.8. The molecule has 3 aliphatic rings. The van der Waals surface area contributed by atoms with Gasteiger partial charge in [-0.15, -0.1) is 16.9 Å². The standard InChI is InChI=1S/C33H42N12O12S2.Na.H/c1-6-42-11-12-43(25(48)24(42)47)30(54)36-21(17-7-9-19(10-8-17)35-32(55)57-13-20(34)26(49)50)23(46)37-33(56-5)28(53)44-22(27(51)52)18(14-58-29(33)44)15-59-31-38-39-40-45(31)16(2)41(3)4;;/h7-10,16,20-21,29H,6,11-15,34H2,1-5H3,(H,35,55)(H,36,54)(H,37,46)(H,49,50)(H,51,52);;/q;+1;-1/t16?,20-,21-,29-,33+;;/m1../s1. The minimum Gasteiger partial charge on any atom is -1.00 e. The summed E-state index contributed by atoms with van der Waals surface area (Å²) in [6, 6.07) is 1.04. The van der Waals surface area contributed by atoms with Crippen LogP contribution in [0.3, 0.4) is 0 Å². The minimum absolute atomic E-state index is 0. The molecule has 5 atom stereocenters. The number of β-lactam (4-membered cyclic amide) rings is 1. The number of carboxylic acids is 2. The second kappa shape index (κ2) is 20.2. The normalized spacial score (nSPS) is 20.4. The van der Waals surface area contributed by atoms with Crippen molar-refractivity contribution in [2.24, 2.45) is 5.73 Å². The number of ether oxygens (including phenoxy) is 2. The van der Waals surface area contributed by atoms with E-state index >= 15 is 0 Å². The quantitative estimate of drug-likeness (QED) is 0.0306. The van der Waals surface area contributed by atoms with Crippen LogP contribution in [-0.2, 0) is 38.2 Å². The zero-order valence-corrected chi connectivity index (χ0v) is 36.9. The van der Waals surface area contributed by atoms with Crippen LogP contribution in [-0.4, -0.2) is 174 Å². The molecule has 1 aromatic heterocycles. The van der Waals surface area contributed by atoms with Crippen LogP contribution < -0.4 is 51.2 Å². The first-order chi connectivity index (χ1) is 27.9. The number of hydrogen-bond donors (Lipinski definition) is 6. The Labute approximate surface area is 374 Å². The molecule has 0 aliphatic carbocycles. The second-order valence-corrected chi connectivity index (χ2v) is 15.3. The third kappa shape index (κ3) is 9.86. The van der Waals surface area contributed by atoms with Gasteiger partial charge in [-0.2, -0.15) is 0 Å². The van der Waals surface area contributed by atoms with E-state index in [1.54, 1.807) is 11.6 Å². The number of nitrogens with zero attached hydrogens (tertiary/aromatic N) is 8. The van der Waals surface area contributed by atoms with Crippen LogP contribution in [0.5, 0.6) is 0 Å². The van der Waals surface area contributed by atoms with Gasteiger partial charge in [-0.25, -0.2) is 19.1 Å². The van der Waals surface area contributed by atoms with Crippen molar-refractivity contribution in [3.8, 4) is 0 Å². The van der Waals surface area contributed by atoms with Crippen LogP contribution in [0, 0.1) is 0 Å². The Kier molecular flexibility index (Phi) is 16.1. The Morgan fingerprint density at radius 3 is 2.40 bits per heavy atom. The molecular weight excluding hydrogens is 844 g/mol. The molecule has 1 unspecified atom stereocenters. The number of carbonyl (C=O) groups excluding carboxylic acids is 6. The number of imide groups is 1. The molecule has 0 bridgehead atoms. The number of carbonyl (C=O) groups is 8. The molecule has 1 aromatic carbocycles. The van der Waals surface area contributed by atoms with E-state index in [4.69, 9.17) is 20.3 Å². The Morgan fingerprint density at radius 2 is 1.80 bits per heavy atom. The van der Waals surface area contributed by atoms with E-state index in [-0.39, 0.29) is 85.2 Å². The van der Waals surface area contributed by atoms with Crippen molar-refractivity contribution in [2.45, 2.75) is 48.4 Å². The zero-order valence-electron chi connectivity index (χ0n) is 34.3. The summed E-state index contributed by atoms with van der Waals surface area (Å²) < 4.78 is 12.0. The van der Waals surface area contributed by atoms with E-state index in [2.05, 4.69) is 31.5 Å². The number of piperazine rings is 1. The van der Waals surface area contributed by atoms with Gasteiger partial charge in [0.25, 0.3) is 11.6 Å². The fourth-order valence-corrected chi connectivity index (χ4v) is 8.54. The summed E-state index contributed by atoms with van der Waals surface area (Å²) in [4.78, 5) is 108. The van der Waals surface area contributed by atoms with Crippen molar-refractivity contribution >= 4 is 76.9 Å². The molecule has 24 nitrogen and oxygen atoms in total. The zero-order chi connectivity index (χ0) is 43.3. The average molecular weight is 887 g/mol. The number of tetrazole rings is 1. The maximum Gasteiger partial charge on any atom is 1.00 e. The maximum absolute atomic E-state index is 14.2.